The molecule has 3 rings (SSSR count). The molecule has 1 aromatic rings. The summed E-state index contributed by atoms with van der Waals surface area (Å²) in [6.45, 7) is 10.2. The van der Waals surface area contributed by atoms with E-state index in [9.17, 15) is 15.0 Å². The van der Waals surface area contributed by atoms with E-state index in [2.05, 4.69) is 20.8 Å². The molecule has 1 saturated carbocycles. The van der Waals surface area contributed by atoms with Crippen molar-refractivity contribution in [1.29, 1.82) is 0 Å². The van der Waals surface area contributed by atoms with Gasteiger partial charge in [0, 0.05) is 16.5 Å². The molecule has 0 radical (unpaired) electrons. The van der Waals surface area contributed by atoms with Gasteiger partial charge in [-0.05, 0) is 30.3 Å². The second kappa shape index (κ2) is 5.52. The summed E-state index contributed by atoms with van der Waals surface area (Å²) in [7, 11) is 1.49. The summed E-state index contributed by atoms with van der Waals surface area (Å²) in [4.78, 5) is 12.9. The monoisotopic (exact) mass is 344 g/mol. The quantitative estimate of drug-likeness (QED) is 0.755. The number of ether oxygens (including phenoxy) is 1. The van der Waals surface area contributed by atoms with Crippen LogP contribution >= 0.6 is 0 Å². The van der Waals surface area contributed by atoms with Crippen LogP contribution in [0.25, 0.3) is 0 Å². The zero-order chi connectivity index (χ0) is 18.7. The number of hydrogen-bond acceptors (Lipinski definition) is 4. The van der Waals surface area contributed by atoms with Crippen LogP contribution in [0.5, 0.6) is 17.2 Å². The molecule has 4 heteroatoms. The van der Waals surface area contributed by atoms with Crippen LogP contribution in [0.1, 0.15) is 81.3 Å². The van der Waals surface area contributed by atoms with Crippen LogP contribution in [-0.4, -0.2) is 23.1 Å². The zero-order valence-electron chi connectivity index (χ0n) is 16.0. The highest BCUT2D eigenvalue weighted by Crippen LogP contribution is 2.60. The summed E-state index contributed by atoms with van der Waals surface area (Å²) in [6.07, 6.45) is 4.53. The summed E-state index contributed by atoms with van der Waals surface area (Å²) in [5.74, 6) is -0.0812. The fourth-order valence-corrected chi connectivity index (χ4v) is 4.96. The van der Waals surface area contributed by atoms with E-state index in [-0.39, 0.29) is 39.9 Å². The van der Waals surface area contributed by atoms with Crippen molar-refractivity contribution in [2.75, 3.05) is 7.11 Å². The van der Waals surface area contributed by atoms with Crippen LogP contribution in [0.2, 0.25) is 0 Å². The number of ketones is 1. The first-order valence-corrected chi connectivity index (χ1v) is 8.99. The summed E-state index contributed by atoms with van der Waals surface area (Å²) >= 11 is 0. The fourth-order valence-electron chi connectivity index (χ4n) is 4.96. The van der Waals surface area contributed by atoms with E-state index >= 15 is 0 Å². The summed E-state index contributed by atoms with van der Waals surface area (Å²) in [5, 5.41) is 22.0. The molecule has 0 saturated heterocycles. The zero-order valence-corrected chi connectivity index (χ0v) is 16.0. The number of phenolic OH excluding ortho intramolecular Hbond substituents is 2. The Morgan fingerprint density at radius 2 is 1.76 bits per heavy atom. The Morgan fingerprint density at radius 3 is 2.32 bits per heavy atom. The fraction of sp³-hybridized carbons (Fsp3) is 0.571. The SMILES string of the molecule is COc1c(O)c2c(c(O)c1C(C)C)C(=O)C=C1C(C)(C)CCCC12C. The molecule has 4 nitrogen and oxygen atoms in total. The maximum absolute atomic E-state index is 12.9. The predicted octanol–water partition coefficient (Wildman–Crippen LogP) is 4.82. The minimum atomic E-state index is -0.477. The van der Waals surface area contributed by atoms with Crippen molar-refractivity contribution in [2.24, 2.45) is 5.41 Å². The first-order chi connectivity index (χ1) is 11.6. The molecule has 1 unspecified atom stereocenters. The number of aromatic hydroxyl groups is 2. The van der Waals surface area contributed by atoms with Gasteiger partial charge < -0.3 is 14.9 Å². The Hall–Kier alpha value is -1.97. The van der Waals surface area contributed by atoms with Crippen molar-refractivity contribution in [1.82, 2.24) is 0 Å². The van der Waals surface area contributed by atoms with Crippen LogP contribution < -0.4 is 4.74 Å². The van der Waals surface area contributed by atoms with Crippen molar-refractivity contribution in [3.05, 3.63) is 28.3 Å². The summed E-state index contributed by atoms with van der Waals surface area (Å²) < 4.78 is 5.46. The first kappa shape index (κ1) is 17.8. The topological polar surface area (TPSA) is 66.8 Å². The molecule has 0 spiro atoms. The highest BCUT2D eigenvalue weighted by atomic mass is 16.5. The van der Waals surface area contributed by atoms with Crippen molar-refractivity contribution in [3.63, 3.8) is 0 Å². The van der Waals surface area contributed by atoms with Crippen LogP contribution in [0.3, 0.4) is 0 Å². The predicted molar refractivity (Wildman–Crippen MR) is 97.8 cm³/mol. The number of benzene rings is 1. The van der Waals surface area contributed by atoms with E-state index in [1.54, 1.807) is 6.08 Å². The third-order valence-electron chi connectivity index (χ3n) is 6.10. The molecular formula is C21H28O4. The van der Waals surface area contributed by atoms with Crippen molar-refractivity contribution >= 4 is 5.78 Å². The number of hydrogen-bond donors (Lipinski definition) is 2. The number of methoxy groups -OCH3 is 1. The lowest BCUT2D eigenvalue weighted by atomic mass is 9.55. The molecule has 0 aliphatic heterocycles. The van der Waals surface area contributed by atoms with Crippen LogP contribution in [0.15, 0.2) is 11.6 Å². The van der Waals surface area contributed by atoms with Gasteiger partial charge in [0.1, 0.15) is 5.75 Å². The number of allylic oxidation sites excluding steroid dienone is 2. The summed E-state index contributed by atoms with van der Waals surface area (Å²) in [6, 6.07) is 0. The van der Waals surface area contributed by atoms with E-state index in [0.717, 1.165) is 24.8 Å². The van der Waals surface area contributed by atoms with Crippen LogP contribution in [-0.2, 0) is 5.41 Å². The highest BCUT2D eigenvalue weighted by molar-refractivity contribution is 6.11. The molecule has 0 bridgehead atoms. The minimum Gasteiger partial charge on any atom is -0.507 e. The molecule has 0 aromatic heterocycles. The van der Waals surface area contributed by atoms with Gasteiger partial charge in [-0.1, -0.05) is 46.6 Å². The third kappa shape index (κ3) is 2.30. The number of carbonyl (C=O) groups excluding carboxylic acids is 1. The first-order valence-electron chi connectivity index (χ1n) is 8.99. The van der Waals surface area contributed by atoms with Gasteiger partial charge in [-0.3, -0.25) is 4.79 Å². The van der Waals surface area contributed by atoms with E-state index in [1.165, 1.54) is 7.11 Å². The second-order valence-electron chi connectivity index (χ2n) is 8.54. The number of phenols is 2. The molecular weight excluding hydrogens is 316 g/mol. The van der Waals surface area contributed by atoms with Crippen molar-refractivity contribution in [2.45, 2.75) is 65.2 Å². The standard InChI is InChI=1S/C21H28O4/c1-11(2)14-17(23)15-12(22)10-13-20(3,4)8-7-9-21(13,5)16(15)18(24)19(14)25-6/h10-11,23-24H,7-9H2,1-6H3. The Labute approximate surface area is 149 Å². The van der Waals surface area contributed by atoms with Gasteiger partial charge in [0.05, 0.1) is 12.7 Å². The molecule has 1 atom stereocenters. The molecule has 0 amide bonds. The van der Waals surface area contributed by atoms with E-state index in [0.29, 0.717) is 11.1 Å². The molecule has 0 heterocycles. The van der Waals surface area contributed by atoms with E-state index in [1.807, 2.05) is 13.8 Å². The van der Waals surface area contributed by atoms with Gasteiger partial charge in [0.2, 0.25) is 0 Å². The largest absolute Gasteiger partial charge is 0.507 e. The smallest absolute Gasteiger partial charge is 0.190 e. The minimum absolute atomic E-state index is 0.00171. The molecule has 2 aliphatic carbocycles. The Balaban J connectivity index is 2.42. The Morgan fingerprint density at radius 1 is 1.12 bits per heavy atom. The Bertz CT molecular complexity index is 786. The lowest BCUT2D eigenvalue weighted by molar-refractivity contribution is 0.102. The lowest BCUT2D eigenvalue weighted by Gasteiger charge is -2.49. The van der Waals surface area contributed by atoms with Crippen molar-refractivity contribution < 1.29 is 19.7 Å². The molecule has 1 aromatic carbocycles. The van der Waals surface area contributed by atoms with Gasteiger partial charge in [-0.25, -0.2) is 0 Å². The molecule has 136 valence electrons. The van der Waals surface area contributed by atoms with E-state index in [4.69, 9.17) is 4.74 Å². The second-order valence-corrected chi connectivity index (χ2v) is 8.54. The Kier molecular flexibility index (Phi) is 3.94. The lowest BCUT2D eigenvalue weighted by Crippen LogP contribution is -2.41. The summed E-state index contributed by atoms with van der Waals surface area (Å²) in [5.41, 5.74) is 1.70. The number of carbonyl (C=O) groups is 1. The average Bonchev–Trinajstić information content (AvgIpc) is 2.50. The molecule has 2 N–H and O–H groups in total. The van der Waals surface area contributed by atoms with Gasteiger partial charge in [0.15, 0.2) is 17.3 Å². The van der Waals surface area contributed by atoms with Crippen molar-refractivity contribution in [3.8, 4) is 17.2 Å². The third-order valence-corrected chi connectivity index (χ3v) is 6.10. The molecule has 1 fully saturated rings. The number of fused-ring (bicyclic) bond motifs is 3. The van der Waals surface area contributed by atoms with Gasteiger partial charge in [-0.2, -0.15) is 0 Å². The highest BCUT2D eigenvalue weighted by Gasteiger charge is 2.50. The molecule has 25 heavy (non-hydrogen) atoms. The van der Waals surface area contributed by atoms with E-state index < -0.39 is 5.41 Å². The van der Waals surface area contributed by atoms with Gasteiger partial charge >= 0.3 is 0 Å². The maximum Gasteiger partial charge on any atom is 0.190 e. The van der Waals surface area contributed by atoms with Crippen LogP contribution in [0.4, 0.5) is 0 Å². The van der Waals surface area contributed by atoms with Gasteiger partial charge in [0.25, 0.3) is 0 Å². The normalized spacial score (nSPS) is 24.6. The van der Waals surface area contributed by atoms with Gasteiger partial charge in [-0.15, -0.1) is 0 Å². The molecule has 2 aliphatic rings. The number of rotatable bonds is 2. The van der Waals surface area contributed by atoms with Crippen LogP contribution in [0, 0.1) is 5.41 Å². The average molecular weight is 344 g/mol. The maximum atomic E-state index is 12.9.